The van der Waals surface area contributed by atoms with E-state index in [1.54, 1.807) is 6.08 Å². The number of fused-ring (bicyclic) bond motifs is 1. The zero-order chi connectivity index (χ0) is 53.2. The third-order valence-corrected chi connectivity index (χ3v) is 12.9. The molecule has 0 amide bonds. The van der Waals surface area contributed by atoms with Gasteiger partial charge in [0.05, 0.1) is 40.1 Å². The second-order valence-corrected chi connectivity index (χ2v) is 21.1. The predicted molar refractivity (Wildman–Crippen MR) is 276 cm³/mol. The molecule has 74 heavy (non-hydrogen) atoms. The smallest absolute Gasteiger partial charge is 0.335 e. The molecule has 17 nitrogen and oxygen atoms in total. The molecule has 2 fully saturated rings. The molecule has 7 rings (SSSR count). The van der Waals surface area contributed by atoms with Crippen LogP contribution in [0.15, 0.2) is 114 Å². The SMILES string of the molecule is C=CC(=O)Oc1ccc(OC(=O)C2CCC(C(=O)OC3=CC(/C=N/Nc4nc5ccccc5s4)=C(OC(=O)C4CCC(C(=O)Oc5ccc(OC(=O)C=C)c(OC(C)(C)C)c5)CC4)CC3)CC2)cc1OC(C)(C)C. The number of carbonyl (C=O) groups is 6. The molecule has 18 heteroatoms. The van der Waals surface area contributed by atoms with Crippen LogP contribution in [0.3, 0.4) is 0 Å². The van der Waals surface area contributed by atoms with Crippen LogP contribution >= 0.6 is 11.3 Å². The highest BCUT2D eigenvalue weighted by molar-refractivity contribution is 7.22. The summed E-state index contributed by atoms with van der Waals surface area (Å²) in [5.41, 5.74) is 2.91. The van der Waals surface area contributed by atoms with E-state index in [-0.39, 0.29) is 47.3 Å². The van der Waals surface area contributed by atoms with Gasteiger partial charge in [-0.3, -0.25) is 24.6 Å². The Morgan fingerprint density at radius 3 is 1.51 bits per heavy atom. The lowest BCUT2D eigenvalue weighted by Crippen LogP contribution is -2.30. The first-order valence-corrected chi connectivity index (χ1v) is 25.3. The van der Waals surface area contributed by atoms with Crippen molar-refractivity contribution in [1.29, 1.82) is 0 Å². The fourth-order valence-electron chi connectivity index (χ4n) is 8.42. The van der Waals surface area contributed by atoms with Crippen LogP contribution in [0.4, 0.5) is 5.13 Å². The van der Waals surface area contributed by atoms with Crippen molar-refractivity contribution in [2.45, 2.75) is 117 Å². The fourth-order valence-corrected chi connectivity index (χ4v) is 9.24. The zero-order valence-corrected chi connectivity index (χ0v) is 43.2. The molecule has 4 aromatic rings. The van der Waals surface area contributed by atoms with Crippen molar-refractivity contribution in [3.63, 3.8) is 0 Å². The van der Waals surface area contributed by atoms with Crippen LogP contribution in [0, 0.1) is 23.7 Å². The number of aromatic nitrogens is 1. The number of ether oxygens (including phenoxy) is 8. The van der Waals surface area contributed by atoms with Gasteiger partial charge >= 0.3 is 35.8 Å². The Morgan fingerprint density at radius 2 is 1.05 bits per heavy atom. The Labute approximate surface area is 433 Å². The highest BCUT2D eigenvalue weighted by Crippen LogP contribution is 2.39. The lowest BCUT2D eigenvalue weighted by atomic mass is 9.82. The third-order valence-electron chi connectivity index (χ3n) is 12.0. The summed E-state index contributed by atoms with van der Waals surface area (Å²) in [5, 5.41) is 4.97. The minimum Gasteiger partial charge on any atom is -0.484 e. The monoisotopic (exact) mass is 1030 g/mol. The number of hydrogen-bond donors (Lipinski definition) is 1. The van der Waals surface area contributed by atoms with Crippen molar-refractivity contribution in [3.05, 3.63) is 109 Å². The normalized spacial score (nSPS) is 19.1. The summed E-state index contributed by atoms with van der Waals surface area (Å²) in [5.74, 6) is -3.09. The number of benzene rings is 3. The van der Waals surface area contributed by atoms with Crippen LogP contribution in [0.1, 0.15) is 106 Å². The first-order valence-electron chi connectivity index (χ1n) is 24.5. The first kappa shape index (κ1) is 54.2. The molecule has 2 saturated carbocycles. The van der Waals surface area contributed by atoms with Crippen molar-refractivity contribution >= 4 is 68.7 Å². The lowest BCUT2D eigenvalue weighted by molar-refractivity contribution is -0.149. The number of hydrogen-bond acceptors (Lipinski definition) is 18. The molecular formula is C56H61N3O14S. The molecule has 1 N–H and O–H groups in total. The van der Waals surface area contributed by atoms with Crippen molar-refractivity contribution in [2.24, 2.45) is 28.8 Å². The van der Waals surface area contributed by atoms with E-state index in [1.807, 2.05) is 65.8 Å². The molecule has 0 unspecified atom stereocenters. The minimum atomic E-state index is -0.664. The Balaban J connectivity index is 0.965. The molecule has 3 aromatic carbocycles. The number of carbonyl (C=O) groups excluding carboxylic acids is 6. The van der Waals surface area contributed by atoms with Crippen molar-refractivity contribution in [1.82, 2.24) is 4.98 Å². The van der Waals surface area contributed by atoms with Gasteiger partial charge in [0, 0.05) is 42.7 Å². The number of rotatable bonds is 17. The van der Waals surface area contributed by atoms with Gasteiger partial charge in [-0.2, -0.15) is 5.10 Å². The van der Waals surface area contributed by atoms with E-state index in [4.69, 9.17) is 37.9 Å². The Hall–Kier alpha value is -7.60. The van der Waals surface area contributed by atoms with Crippen LogP contribution in [-0.2, 0) is 38.2 Å². The number of nitrogens with zero attached hydrogens (tertiary/aromatic N) is 2. The maximum absolute atomic E-state index is 13.8. The van der Waals surface area contributed by atoms with Gasteiger partial charge in [0.2, 0.25) is 5.13 Å². The Bertz CT molecular complexity index is 2850. The molecule has 3 aliphatic rings. The number of esters is 6. The van der Waals surface area contributed by atoms with E-state index in [0.29, 0.717) is 73.6 Å². The van der Waals surface area contributed by atoms with Gasteiger partial charge in [-0.15, -0.1) is 0 Å². The molecule has 1 heterocycles. The second-order valence-electron chi connectivity index (χ2n) is 20.0. The quantitative estimate of drug-likeness (QED) is 0.0342. The van der Waals surface area contributed by atoms with E-state index in [0.717, 1.165) is 22.4 Å². The minimum absolute atomic E-state index is 0.153. The van der Waals surface area contributed by atoms with Gasteiger partial charge in [0.15, 0.2) is 23.0 Å². The molecule has 0 spiro atoms. The molecule has 390 valence electrons. The van der Waals surface area contributed by atoms with Crippen molar-refractivity contribution in [3.8, 4) is 34.5 Å². The number of allylic oxidation sites excluding steroid dienone is 4. The van der Waals surface area contributed by atoms with Crippen LogP contribution in [0.25, 0.3) is 10.2 Å². The molecule has 0 bridgehead atoms. The van der Waals surface area contributed by atoms with E-state index >= 15 is 0 Å². The molecule has 1 aromatic heterocycles. The zero-order valence-electron chi connectivity index (χ0n) is 42.4. The fraction of sp³-hybridized carbons (Fsp3) is 0.393. The van der Waals surface area contributed by atoms with E-state index in [9.17, 15) is 28.8 Å². The van der Waals surface area contributed by atoms with E-state index in [2.05, 4.69) is 28.7 Å². The van der Waals surface area contributed by atoms with Crippen molar-refractivity contribution < 1.29 is 66.7 Å². The number of nitrogens with one attached hydrogen (secondary N) is 1. The highest BCUT2D eigenvalue weighted by atomic mass is 32.1. The number of anilines is 1. The molecule has 0 atom stereocenters. The largest absolute Gasteiger partial charge is 0.484 e. The van der Waals surface area contributed by atoms with Gasteiger partial charge in [-0.25, -0.2) is 14.6 Å². The Morgan fingerprint density at radius 1 is 0.595 bits per heavy atom. The van der Waals surface area contributed by atoms with Gasteiger partial charge in [0.25, 0.3) is 0 Å². The summed E-state index contributed by atoms with van der Waals surface area (Å²) in [6.07, 6.45) is 8.85. The van der Waals surface area contributed by atoms with Gasteiger partial charge in [-0.05, 0) is 135 Å². The molecular weight excluding hydrogens is 971 g/mol. The summed E-state index contributed by atoms with van der Waals surface area (Å²) >= 11 is 1.42. The summed E-state index contributed by atoms with van der Waals surface area (Å²) in [6, 6.07) is 16.7. The van der Waals surface area contributed by atoms with Gasteiger partial charge in [-0.1, -0.05) is 36.6 Å². The maximum Gasteiger partial charge on any atom is 0.335 e. The number of thiazole rings is 1. The summed E-state index contributed by atoms with van der Waals surface area (Å²) in [7, 11) is 0. The molecule has 0 saturated heterocycles. The second kappa shape index (κ2) is 24.0. The van der Waals surface area contributed by atoms with Crippen molar-refractivity contribution in [2.75, 3.05) is 5.43 Å². The van der Waals surface area contributed by atoms with E-state index in [1.165, 1.54) is 53.9 Å². The van der Waals surface area contributed by atoms with Crippen LogP contribution < -0.4 is 33.8 Å². The molecule has 0 aliphatic heterocycles. The highest BCUT2D eigenvalue weighted by Gasteiger charge is 2.35. The van der Waals surface area contributed by atoms with E-state index < -0.39 is 70.7 Å². The standard InChI is InChI=1S/C56H61N3O14S/c1-9-48(60)69-43-27-24-39(30-45(43)72-55(3,4)5)67-51(63)34-17-15-33(16-18-34)50(62)66-38-23-26-42(37(29-38)32-57-59-54-58-41-13-11-12-14-47(41)74-54)71-53(65)36-21-19-35(20-22-36)52(64)68-40-25-28-44(70-49(61)10-2)46(31-40)73-56(6,7)8/h9-14,24-25,27-36H,1-2,15-23,26H2,3-8H3,(H,58,59)/b57-32+. The lowest BCUT2D eigenvalue weighted by Gasteiger charge is -2.28. The third kappa shape index (κ3) is 15.2. The van der Waals surface area contributed by atoms with Gasteiger partial charge in [0.1, 0.15) is 34.2 Å². The predicted octanol–water partition coefficient (Wildman–Crippen LogP) is 11.1. The summed E-state index contributed by atoms with van der Waals surface area (Å²) < 4.78 is 47.1. The summed E-state index contributed by atoms with van der Waals surface area (Å²) in [4.78, 5) is 82.5. The van der Waals surface area contributed by atoms with Crippen LogP contribution in [-0.4, -0.2) is 58.2 Å². The maximum atomic E-state index is 13.8. The van der Waals surface area contributed by atoms with Crippen LogP contribution in [0.2, 0.25) is 0 Å². The first-order chi connectivity index (χ1) is 35.2. The summed E-state index contributed by atoms with van der Waals surface area (Å²) in [6.45, 7) is 17.9. The van der Waals surface area contributed by atoms with Crippen LogP contribution in [0.5, 0.6) is 34.5 Å². The molecule has 3 aliphatic carbocycles. The topological polar surface area (TPSA) is 214 Å². The molecule has 0 radical (unpaired) electrons. The average Bonchev–Trinajstić information content (AvgIpc) is 3.78. The Kier molecular flexibility index (Phi) is 17.5. The number of para-hydroxylation sites is 1. The average molecular weight is 1030 g/mol. The number of hydrazone groups is 1. The van der Waals surface area contributed by atoms with Gasteiger partial charge < -0.3 is 37.9 Å².